The second-order valence-electron chi connectivity index (χ2n) is 19.2. The van der Waals surface area contributed by atoms with Gasteiger partial charge in [-0.1, -0.05) is 55.8 Å². The van der Waals surface area contributed by atoms with Gasteiger partial charge in [-0.05, 0) is 78.0 Å². The van der Waals surface area contributed by atoms with E-state index in [0.29, 0.717) is 24.0 Å². The van der Waals surface area contributed by atoms with E-state index in [1.165, 1.54) is 19.9 Å². The third-order valence-electron chi connectivity index (χ3n) is 13.1. The summed E-state index contributed by atoms with van der Waals surface area (Å²) in [6.07, 6.45) is -7.57. The number of nitrogens with one attached hydrogen (secondary N) is 1. The average molecular weight is 840 g/mol. The lowest BCUT2D eigenvalue weighted by Crippen LogP contribution is -2.81. The molecule has 1 aromatic carbocycles. The first-order valence-corrected chi connectivity index (χ1v) is 20.7. The van der Waals surface area contributed by atoms with E-state index >= 15 is 4.79 Å². The Bertz CT molecular complexity index is 1930. The third kappa shape index (κ3) is 8.15. The number of rotatable bonds is 11. The molecule has 0 spiro atoms. The second kappa shape index (κ2) is 16.3. The Hall–Kier alpha value is -4.15. The van der Waals surface area contributed by atoms with Crippen LogP contribution in [0.25, 0.3) is 0 Å². The van der Waals surface area contributed by atoms with Gasteiger partial charge in [0.2, 0.25) is 0 Å². The van der Waals surface area contributed by atoms with Crippen molar-refractivity contribution in [1.82, 2.24) is 5.32 Å². The number of carbonyl (C=O) groups is 5. The number of aliphatic hydroxyl groups excluding tert-OH is 2. The largest absolute Gasteiger partial charge is 0.456 e. The number of ketones is 1. The molecule has 15 nitrogen and oxygen atoms in total. The fraction of sp³-hybridized carbons (Fsp3) is 0.667. The molecule has 4 fully saturated rings. The van der Waals surface area contributed by atoms with Crippen molar-refractivity contribution >= 4 is 29.8 Å². The first kappa shape index (κ1) is 45.4. The van der Waals surface area contributed by atoms with Gasteiger partial charge >= 0.3 is 24.0 Å². The van der Waals surface area contributed by atoms with Crippen molar-refractivity contribution in [2.45, 2.75) is 161 Å². The first-order chi connectivity index (χ1) is 27.9. The molecule has 1 amide bonds. The summed E-state index contributed by atoms with van der Waals surface area (Å²) in [5.41, 5.74) is -6.18. The summed E-state index contributed by atoms with van der Waals surface area (Å²) in [6, 6.07) is 7.80. The van der Waals surface area contributed by atoms with Gasteiger partial charge in [-0.3, -0.25) is 14.4 Å². The SMILES string of the molecule is CC(=O)O[C@@]12CO[C@@H]1C[C@H](O)[C@@]1(C)C(=O)[C@H](OC(=O)C3CC3)C3=C(C)[C@@H](OC(=O)[C@H](O)[C@H](C=C(C)C)NC(=O)OC(C)(C)C)C[C@@](O)([C@@H](OCc4ccccc4)C12)C3(C)C. The van der Waals surface area contributed by atoms with Crippen LogP contribution in [0.3, 0.4) is 0 Å². The molecule has 1 aliphatic heterocycles. The molecular weight excluding hydrogens is 778 g/mol. The van der Waals surface area contributed by atoms with Crippen LogP contribution in [0.4, 0.5) is 4.79 Å². The van der Waals surface area contributed by atoms with E-state index in [9.17, 15) is 34.5 Å². The van der Waals surface area contributed by atoms with Crippen LogP contribution in [0.2, 0.25) is 0 Å². The monoisotopic (exact) mass is 839 g/mol. The minimum Gasteiger partial charge on any atom is -0.456 e. The second-order valence-corrected chi connectivity index (χ2v) is 19.2. The highest BCUT2D eigenvalue weighted by atomic mass is 16.6. The van der Waals surface area contributed by atoms with Gasteiger partial charge in [0, 0.05) is 31.1 Å². The van der Waals surface area contributed by atoms with Crippen molar-refractivity contribution in [3.05, 3.63) is 58.7 Å². The van der Waals surface area contributed by atoms with E-state index < -0.39 is 112 Å². The molecule has 5 aliphatic rings. The Balaban J connectivity index is 1.52. The van der Waals surface area contributed by atoms with Gasteiger partial charge in [-0.15, -0.1) is 0 Å². The van der Waals surface area contributed by atoms with Crippen LogP contribution in [0, 0.1) is 22.7 Å². The number of alkyl carbamates (subject to hydrolysis) is 1. The molecule has 60 heavy (non-hydrogen) atoms. The Morgan fingerprint density at radius 2 is 1.68 bits per heavy atom. The van der Waals surface area contributed by atoms with E-state index in [0.717, 1.165) is 0 Å². The van der Waals surface area contributed by atoms with E-state index in [-0.39, 0.29) is 37.2 Å². The van der Waals surface area contributed by atoms with E-state index in [1.807, 2.05) is 30.3 Å². The fourth-order valence-electron chi connectivity index (χ4n) is 9.83. The number of amides is 1. The lowest BCUT2D eigenvalue weighted by molar-refractivity contribution is -0.351. The standard InChI is InChI=1S/C45H61NO14/c1-23(2)18-28(46-40(53)60-41(5,6)7)33(49)39(52)57-29-20-45(54)37(55-21-26-14-12-11-13-15-26)35-43(10,30(48)19-31-44(35,22-56-31)59-25(4)47)36(50)34(58-38(51)27-16-17-27)32(24(29)3)42(45,8)9/h11-15,18,27-31,33-35,37,48-49,54H,16-17,19-22H2,1-10H3,(H,46,53)/t28-,29-,30-,31+,33+,34+,35?,37-,43+,44-,45+/m0/s1. The van der Waals surface area contributed by atoms with Crippen molar-refractivity contribution in [1.29, 1.82) is 0 Å². The van der Waals surface area contributed by atoms with Crippen LogP contribution in [-0.4, -0.2) is 111 Å². The molecule has 15 heteroatoms. The Labute approximate surface area is 351 Å². The molecular formula is C45H61NO14. The maximum Gasteiger partial charge on any atom is 0.408 e. The molecule has 1 aromatic rings. The summed E-state index contributed by atoms with van der Waals surface area (Å²) >= 11 is 0. The molecule has 1 heterocycles. The molecule has 1 saturated heterocycles. The zero-order chi connectivity index (χ0) is 44.3. The van der Waals surface area contributed by atoms with Gasteiger partial charge in [0.25, 0.3) is 0 Å². The molecule has 330 valence electrons. The van der Waals surface area contributed by atoms with Gasteiger partial charge in [0.15, 0.2) is 23.6 Å². The highest BCUT2D eigenvalue weighted by Gasteiger charge is 2.77. The Morgan fingerprint density at radius 3 is 2.23 bits per heavy atom. The number of esters is 3. The predicted molar refractivity (Wildman–Crippen MR) is 214 cm³/mol. The lowest BCUT2D eigenvalue weighted by atomic mass is 9.44. The van der Waals surface area contributed by atoms with Gasteiger partial charge in [-0.2, -0.15) is 0 Å². The lowest BCUT2D eigenvalue weighted by Gasteiger charge is -2.67. The molecule has 3 saturated carbocycles. The summed E-state index contributed by atoms with van der Waals surface area (Å²) in [5.74, 6) is -4.96. The molecule has 1 unspecified atom stereocenters. The van der Waals surface area contributed by atoms with E-state index in [2.05, 4.69) is 5.32 Å². The number of ether oxygens (including phenoxy) is 6. The molecule has 4 aliphatic carbocycles. The van der Waals surface area contributed by atoms with Crippen molar-refractivity contribution in [2.75, 3.05) is 6.61 Å². The van der Waals surface area contributed by atoms with Gasteiger partial charge in [-0.25, -0.2) is 9.59 Å². The number of aliphatic hydroxyl groups is 3. The minimum absolute atomic E-state index is 0.0928. The number of hydrogen-bond acceptors (Lipinski definition) is 14. The number of benzene rings is 1. The van der Waals surface area contributed by atoms with Crippen LogP contribution in [-0.2, 0) is 54.2 Å². The smallest absolute Gasteiger partial charge is 0.408 e. The predicted octanol–water partition coefficient (Wildman–Crippen LogP) is 4.17. The van der Waals surface area contributed by atoms with Crippen molar-refractivity contribution in [3.63, 3.8) is 0 Å². The summed E-state index contributed by atoms with van der Waals surface area (Å²) < 4.78 is 36.6. The van der Waals surface area contributed by atoms with E-state index in [1.54, 1.807) is 55.4 Å². The number of fused-ring (bicyclic) bond motifs is 5. The molecule has 6 rings (SSSR count). The van der Waals surface area contributed by atoms with Crippen molar-refractivity contribution in [3.8, 4) is 0 Å². The molecule has 4 N–H and O–H groups in total. The van der Waals surface area contributed by atoms with Crippen LogP contribution in [0.1, 0.15) is 100 Å². The number of carbonyl (C=O) groups excluding carboxylic acids is 5. The first-order valence-electron chi connectivity index (χ1n) is 20.7. The number of hydrogen-bond donors (Lipinski definition) is 4. The molecule has 2 bridgehead atoms. The average Bonchev–Trinajstić information content (AvgIpc) is 3.99. The van der Waals surface area contributed by atoms with Crippen molar-refractivity contribution in [2.24, 2.45) is 22.7 Å². The Kier molecular flexibility index (Phi) is 12.3. The zero-order valence-electron chi connectivity index (χ0n) is 36.2. The maximum absolute atomic E-state index is 15.6. The normalized spacial score (nSPS) is 34.2. The summed E-state index contributed by atoms with van der Waals surface area (Å²) in [7, 11) is 0. The van der Waals surface area contributed by atoms with Gasteiger partial charge in [0.1, 0.15) is 23.4 Å². The molecule has 0 aromatic heterocycles. The van der Waals surface area contributed by atoms with Crippen LogP contribution < -0.4 is 5.32 Å². The Morgan fingerprint density at radius 1 is 1.03 bits per heavy atom. The highest BCUT2D eigenvalue weighted by Crippen LogP contribution is 2.64. The zero-order valence-corrected chi connectivity index (χ0v) is 36.2. The van der Waals surface area contributed by atoms with Gasteiger partial charge in [0.05, 0.1) is 42.8 Å². The van der Waals surface area contributed by atoms with Crippen LogP contribution >= 0.6 is 0 Å². The summed E-state index contributed by atoms with van der Waals surface area (Å²) in [5, 5.41) is 39.9. The van der Waals surface area contributed by atoms with E-state index in [4.69, 9.17) is 28.4 Å². The summed E-state index contributed by atoms with van der Waals surface area (Å²) in [6.45, 7) is 15.9. The number of Topliss-reactive ketones (excluding diaryl/α,β-unsaturated/α-hetero) is 1. The van der Waals surface area contributed by atoms with Gasteiger partial charge < -0.3 is 49.1 Å². The molecule has 0 radical (unpaired) electrons. The fourth-order valence-corrected chi connectivity index (χ4v) is 9.83. The van der Waals surface area contributed by atoms with Crippen LogP contribution in [0.5, 0.6) is 0 Å². The minimum atomic E-state index is -2.14. The topological polar surface area (TPSA) is 213 Å². The highest BCUT2D eigenvalue weighted by molar-refractivity contribution is 5.95. The maximum atomic E-state index is 15.6. The molecule has 11 atom stereocenters. The quantitative estimate of drug-likeness (QED) is 0.140. The van der Waals surface area contributed by atoms with Crippen molar-refractivity contribution < 1.29 is 67.7 Å². The third-order valence-corrected chi connectivity index (χ3v) is 13.1. The summed E-state index contributed by atoms with van der Waals surface area (Å²) in [4.78, 5) is 69.3. The number of allylic oxidation sites excluding steroid dienone is 1. The van der Waals surface area contributed by atoms with Crippen LogP contribution in [0.15, 0.2) is 53.1 Å².